The number of H-pyrrole nitrogens is 1. The van der Waals surface area contributed by atoms with Crippen LogP contribution in [-0.4, -0.2) is 29.4 Å². The van der Waals surface area contributed by atoms with Crippen LogP contribution in [0.3, 0.4) is 0 Å². The molecule has 3 aromatic rings. The first-order valence-corrected chi connectivity index (χ1v) is 9.85. The predicted octanol–water partition coefficient (Wildman–Crippen LogP) is 4.08. The van der Waals surface area contributed by atoms with Gasteiger partial charge in [-0.05, 0) is 36.2 Å². The van der Waals surface area contributed by atoms with Crippen molar-refractivity contribution in [2.45, 2.75) is 32.2 Å². The van der Waals surface area contributed by atoms with Crippen molar-refractivity contribution in [3.63, 3.8) is 0 Å². The molecular formula is C22H24ClN3O2. The number of fused-ring (bicyclic) bond motifs is 1. The Bertz CT molecular complexity index is 953. The largest absolute Gasteiger partial charge is 0.354 e. The number of aromatic amines is 1. The van der Waals surface area contributed by atoms with E-state index in [-0.39, 0.29) is 11.8 Å². The van der Waals surface area contributed by atoms with Gasteiger partial charge in [0.05, 0.1) is 0 Å². The topological polar surface area (TPSA) is 74.0 Å². The van der Waals surface area contributed by atoms with Crippen molar-refractivity contribution in [1.82, 2.24) is 15.6 Å². The minimum Gasteiger partial charge on any atom is -0.354 e. The summed E-state index contributed by atoms with van der Waals surface area (Å²) in [6.07, 6.45) is 2.32. The number of nitrogens with one attached hydrogen (secondary N) is 3. The van der Waals surface area contributed by atoms with Crippen LogP contribution in [0.5, 0.6) is 0 Å². The lowest BCUT2D eigenvalue weighted by atomic mass is 10.0. The fourth-order valence-corrected chi connectivity index (χ4v) is 3.21. The van der Waals surface area contributed by atoms with E-state index in [9.17, 15) is 9.59 Å². The molecule has 0 saturated carbocycles. The zero-order valence-electron chi connectivity index (χ0n) is 15.8. The molecule has 2 aromatic carbocycles. The number of hydrogen-bond acceptors (Lipinski definition) is 2. The van der Waals surface area contributed by atoms with Crippen molar-refractivity contribution in [3.8, 4) is 0 Å². The SMILES string of the molecule is CCCCNC(=O)C(Cc1ccccc1)NC(=O)c1cc2cc(Cl)ccc2[nH]1. The minimum absolute atomic E-state index is 0.176. The van der Waals surface area contributed by atoms with Crippen molar-refractivity contribution in [3.05, 3.63) is 70.9 Å². The van der Waals surface area contributed by atoms with Gasteiger partial charge in [0.1, 0.15) is 11.7 Å². The minimum atomic E-state index is -0.651. The fraction of sp³-hybridized carbons (Fsp3) is 0.273. The molecule has 0 saturated heterocycles. The number of amides is 2. The lowest BCUT2D eigenvalue weighted by Gasteiger charge is -2.18. The van der Waals surface area contributed by atoms with Crippen molar-refractivity contribution in [2.75, 3.05) is 6.54 Å². The lowest BCUT2D eigenvalue weighted by molar-refractivity contribution is -0.122. The Kier molecular flexibility index (Phi) is 6.71. The number of rotatable bonds is 8. The van der Waals surface area contributed by atoms with E-state index in [1.54, 1.807) is 18.2 Å². The molecule has 0 spiro atoms. The van der Waals surface area contributed by atoms with E-state index in [4.69, 9.17) is 11.6 Å². The first-order chi connectivity index (χ1) is 13.6. The smallest absolute Gasteiger partial charge is 0.268 e. The van der Waals surface area contributed by atoms with Crippen LogP contribution >= 0.6 is 11.6 Å². The Morgan fingerprint density at radius 2 is 1.89 bits per heavy atom. The molecular weight excluding hydrogens is 374 g/mol. The maximum absolute atomic E-state index is 12.8. The number of hydrogen-bond donors (Lipinski definition) is 3. The van der Waals surface area contributed by atoms with Crippen LogP contribution in [0.25, 0.3) is 10.9 Å². The van der Waals surface area contributed by atoms with Crippen molar-refractivity contribution in [1.29, 1.82) is 0 Å². The second kappa shape index (κ2) is 9.42. The maximum Gasteiger partial charge on any atom is 0.268 e. The average Bonchev–Trinajstić information content (AvgIpc) is 3.11. The molecule has 3 rings (SSSR count). The molecule has 0 aliphatic carbocycles. The van der Waals surface area contributed by atoms with E-state index in [0.29, 0.717) is 23.7 Å². The summed E-state index contributed by atoms with van der Waals surface area (Å²) in [5, 5.41) is 7.24. The van der Waals surface area contributed by atoms with E-state index in [2.05, 4.69) is 22.5 Å². The summed E-state index contributed by atoms with van der Waals surface area (Å²) in [6.45, 7) is 2.67. The Morgan fingerprint density at radius 1 is 1.11 bits per heavy atom. The monoisotopic (exact) mass is 397 g/mol. The van der Waals surface area contributed by atoms with Crippen molar-refractivity contribution < 1.29 is 9.59 Å². The Morgan fingerprint density at radius 3 is 2.64 bits per heavy atom. The molecule has 1 aromatic heterocycles. The number of carbonyl (C=O) groups excluding carboxylic acids is 2. The Balaban J connectivity index is 1.76. The molecule has 1 heterocycles. The molecule has 0 aliphatic heterocycles. The summed E-state index contributed by atoms with van der Waals surface area (Å²) < 4.78 is 0. The van der Waals surface area contributed by atoms with Crippen molar-refractivity contribution >= 4 is 34.3 Å². The first kappa shape index (κ1) is 20.0. The highest BCUT2D eigenvalue weighted by Crippen LogP contribution is 2.20. The van der Waals surface area contributed by atoms with Gasteiger partial charge in [0.2, 0.25) is 5.91 Å². The van der Waals surface area contributed by atoms with E-state index in [0.717, 1.165) is 29.3 Å². The van der Waals surface area contributed by atoms with Gasteiger partial charge in [0, 0.05) is 28.9 Å². The van der Waals surface area contributed by atoms with Crippen LogP contribution in [0.2, 0.25) is 5.02 Å². The van der Waals surface area contributed by atoms with Gasteiger partial charge in [-0.25, -0.2) is 0 Å². The number of benzene rings is 2. The molecule has 1 unspecified atom stereocenters. The normalized spacial score (nSPS) is 11.9. The Hall–Kier alpha value is -2.79. The molecule has 0 fully saturated rings. The lowest BCUT2D eigenvalue weighted by Crippen LogP contribution is -2.48. The van der Waals surface area contributed by atoms with Crippen LogP contribution in [0, 0.1) is 0 Å². The molecule has 3 N–H and O–H groups in total. The van der Waals surface area contributed by atoms with Crippen molar-refractivity contribution in [2.24, 2.45) is 0 Å². The van der Waals surface area contributed by atoms with Gasteiger partial charge in [-0.3, -0.25) is 9.59 Å². The third kappa shape index (κ3) is 5.14. The van der Waals surface area contributed by atoms with Crippen LogP contribution in [0.4, 0.5) is 0 Å². The summed E-state index contributed by atoms with van der Waals surface area (Å²) in [7, 11) is 0. The van der Waals surface area contributed by atoms with Gasteiger partial charge >= 0.3 is 0 Å². The zero-order chi connectivity index (χ0) is 19.9. The van der Waals surface area contributed by atoms with Crippen LogP contribution in [-0.2, 0) is 11.2 Å². The molecule has 1 atom stereocenters. The molecule has 28 heavy (non-hydrogen) atoms. The molecule has 6 heteroatoms. The first-order valence-electron chi connectivity index (χ1n) is 9.47. The third-order valence-corrected chi connectivity index (χ3v) is 4.80. The molecule has 5 nitrogen and oxygen atoms in total. The average molecular weight is 398 g/mol. The summed E-state index contributed by atoms with van der Waals surface area (Å²) in [5.74, 6) is -0.497. The maximum atomic E-state index is 12.8. The van der Waals surface area contributed by atoms with Crippen LogP contribution < -0.4 is 10.6 Å². The fourth-order valence-electron chi connectivity index (χ4n) is 3.03. The zero-order valence-corrected chi connectivity index (χ0v) is 16.6. The summed E-state index contributed by atoms with van der Waals surface area (Å²) in [4.78, 5) is 28.5. The van der Waals surface area contributed by atoms with Gasteiger partial charge in [0.25, 0.3) is 5.91 Å². The molecule has 0 radical (unpaired) electrons. The highest BCUT2D eigenvalue weighted by atomic mass is 35.5. The second-order valence-electron chi connectivity index (χ2n) is 6.77. The summed E-state index contributed by atoms with van der Waals surface area (Å²) in [6, 6.07) is 16.1. The van der Waals surface area contributed by atoms with E-state index >= 15 is 0 Å². The molecule has 2 amide bonds. The van der Waals surface area contributed by atoms with Gasteiger partial charge in [-0.2, -0.15) is 0 Å². The molecule has 0 bridgehead atoms. The number of unbranched alkanes of at least 4 members (excludes halogenated alkanes) is 1. The van der Waals surface area contributed by atoms with Gasteiger partial charge in [-0.15, -0.1) is 0 Å². The standard InChI is InChI=1S/C22H24ClN3O2/c1-2-3-11-24-21(27)19(12-15-7-5-4-6-8-15)26-22(28)20-14-16-13-17(23)9-10-18(16)25-20/h4-10,13-14,19,25H,2-3,11-12H2,1H3,(H,24,27)(H,26,28). The van der Waals surface area contributed by atoms with E-state index in [1.165, 1.54) is 0 Å². The highest BCUT2D eigenvalue weighted by Gasteiger charge is 2.22. The quantitative estimate of drug-likeness (QED) is 0.501. The predicted molar refractivity (Wildman–Crippen MR) is 113 cm³/mol. The highest BCUT2D eigenvalue weighted by molar-refractivity contribution is 6.31. The number of aromatic nitrogens is 1. The van der Waals surface area contributed by atoms with Gasteiger partial charge in [-0.1, -0.05) is 55.3 Å². The van der Waals surface area contributed by atoms with Gasteiger partial charge in [0.15, 0.2) is 0 Å². The second-order valence-corrected chi connectivity index (χ2v) is 7.21. The molecule has 146 valence electrons. The van der Waals surface area contributed by atoms with Crippen LogP contribution in [0.15, 0.2) is 54.6 Å². The summed E-state index contributed by atoms with van der Waals surface area (Å²) in [5.41, 5.74) is 2.21. The number of halogens is 1. The third-order valence-electron chi connectivity index (χ3n) is 4.56. The van der Waals surface area contributed by atoms with E-state index in [1.807, 2.05) is 36.4 Å². The van der Waals surface area contributed by atoms with E-state index < -0.39 is 6.04 Å². The Labute approximate surface area is 169 Å². The summed E-state index contributed by atoms with van der Waals surface area (Å²) >= 11 is 6.02. The number of carbonyl (C=O) groups is 2. The molecule has 0 aliphatic rings. The van der Waals surface area contributed by atoms with Gasteiger partial charge < -0.3 is 15.6 Å². The van der Waals surface area contributed by atoms with Crippen LogP contribution in [0.1, 0.15) is 35.8 Å².